The van der Waals surface area contributed by atoms with Crippen LogP contribution in [-0.4, -0.2) is 12.2 Å². The second kappa shape index (κ2) is 10.9. The van der Waals surface area contributed by atoms with Crippen LogP contribution in [0.1, 0.15) is 92.9 Å². The summed E-state index contributed by atoms with van der Waals surface area (Å²) in [6.07, 6.45) is 14.0. The van der Waals surface area contributed by atoms with Crippen molar-refractivity contribution >= 4 is 11.8 Å². The zero-order valence-corrected chi connectivity index (χ0v) is 21.7. The largest absolute Gasteiger partial charge is 0.446 e. The number of benzene rings is 1. The molecule has 1 saturated carbocycles. The van der Waals surface area contributed by atoms with Gasteiger partial charge in [0.1, 0.15) is 6.10 Å². The van der Waals surface area contributed by atoms with E-state index >= 15 is 0 Å². The molecule has 1 fully saturated rings. The van der Waals surface area contributed by atoms with Crippen LogP contribution < -0.4 is 5.32 Å². The SMILES string of the molecule is CC1=CC[C@@H]2C(C)(C)CCC[C@]2(C)[C@H]1CC/C(C)=C/CC[C@H](C)OC(=O)Nc1ccccc1. The summed E-state index contributed by atoms with van der Waals surface area (Å²) in [5.74, 6) is 1.50. The summed E-state index contributed by atoms with van der Waals surface area (Å²) in [4.78, 5) is 12.1. The highest BCUT2D eigenvalue weighted by Crippen LogP contribution is 2.60. The van der Waals surface area contributed by atoms with Gasteiger partial charge in [0, 0.05) is 5.69 Å². The van der Waals surface area contributed by atoms with Crippen molar-refractivity contribution in [3.8, 4) is 0 Å². The van der Waals surface area contributed by atoms with Crippen molar-refractivity contribution in [3.05, 3.63) is 53.6 Å². The molecule has 0 saturated heterocycles. The third-order valence-corrected chi connectivity index (χ3v) is 8.52. The first-order valence-electron chi connectivity index (χ1n) is 13.0. The van der Waals surface area contributed by atoms with Crippen molar-refractivity contribution < 1.29 is 9.53 Å². The van der Waals surface area contributed by atoms with Gasteiger partial charge < -0.3 is 4.74 Å². The third-order valence-electron chi connectivity index (χ3n) is 8.52. The summed E-state index contributed by atoms with van der Waals surface area (Å²) < 4.78 is 5.51. The number of nitrogens with one attached hydrogen (secondary N) is 1. The van der Waals surface area contributed by atoms with Crippen LogP contribution in [0.3, 0.4) is 0 Å². The molecular weight excluding hydrogens is 406 g/mol. The predicted octanol–water partition coefficient (Wildman–Crippen LogP) is 8.93. The van der Waals surface area contributed by atoms with Gasteiger partial charge in [-0.3, -0.25) is 5.32 Å². The van der Waals surface area contributed by atoms with Gasteiger partial charge in [-0.25, -0.2) is 4.79 Å². The number of carbonyl (C=O) groups excluding carboxylic acids is 1. The number of para-hydroxylation sites is 1. The molecule has 4 atom stereocenters. The summed E-state index contributed by atoms with van der Waals surface area (Å²) in [5.41, 5.74) is 4.73. The topological polar surface area (TPSA) is 38.3 Å². The molecule has 0 radical (unpaired) electrons. The summed E-state index contributed by atoms with van der Waals surface area (Å²) in [6.45, 7) is 14.2. The Morgan fingerprint density at radius 3 is 2.67 bits per heavy atom. The molecule has 0 aliphatic heterocycles. The molecule has 0 heterocycles. The van der Waals surface area contributed by atoms with Crippen LogP contribution in [0.5, 0.6) is 0 Å². The monoisotopic (exact) mass is 451 g/mol. The van der Waals surface area contributed by atoms with E-state index in [-0.39, 0.29) is 12.2 Å². The number of rotatable bonds is 8. The van der Waals surface area contributed by atoms with Crippen molar-refractivity contribution in [1.29, 1.82) is 0 Å². The van der Waals surface area contributed by atoms with E-state index in [9.17, 15) is 4.79 Å². The number of ether oxygens (including phenoxy) is 1. The van der Waals surface area contributed by atoms with Gasteiger partial charge in [-0.1, -0.05) is 68.7 Å². The Kier molecular flexibility index (Phi) is 8.48. The quantitative estimate of drug-likeness (QED) is 0.401. The van der Waals surface area contributed by atoms with Crippen molar-refractivity contribution in [1.82, 2.24) is 0 Å². The molecule has 1 N–H and O–H groups in total. The van der Waals surface area contributed by atoms with E-state index in [1.54, 1.807) is 5.57 Å². The van der Waals surface area contributed by atoms with Crippen LogP contribution >= 0.6 is 0 Å². The number of carbonyl (C=O) groups is 1. The molecule has 3 heteroatoms. The lowest BCUT2D eigenvalue weighted by Crippen LogP contribution is -2.48. The van der Waals surface area contributed by atoms with E-state index in [1.165, 1.54) is 37.7 Å². The van der Waals surface area contributed by atoms with Crippen molar-refractivity contribution in [3.63, 3.8) is 0 Å². The molecule has 2 aliphatic carbocycles. The molecular formula is C30H45NO2. The Hall–Kier alpha value is -2.03. The molecule has 3 rings (SSSR count). The molecule has 0 spiro atoms. The van der Waals surface area contributed by atoms with Crippen LogP contribution in [0.4, 0.5) is 10.5 Å². The van der Waals surface area contributed by atoms with Gasteiger partial charge in [0.15, 0.2) is 0 Å². The van der Waals surface area contributed by atoms with E-state index in [4.69, 9.17) is 4.74 Å². The zero-order chi connectivity index (χ0) is 24.1. The lowest BCUT2D eigenvalue weighted by atomic mass is 9.48. The maximum Gasteiger partial charge on any atom is 0.411 e. The highest BCUT2D eigenvalue weighted by Gasteiger charge is 2.51. The van der Waals surface area contributed by atoms with E-state index in [0.29, 0.717) is 16.7 Å². The normalized spacial score (nSPS) is 27.8. The number of hydrogen-bond acceptors (Lipinski definition) is 2. The maximum absolute atomic E-state index is 12.1. The highest BCUT2D eigenvalue weighted by molar-refractivity contribution is 5.84. The Bertz CT molecular complexity index is 853. The van der Waals surface area contributed by atoms with Crippen molar-refractivity contribution in [2.75, 3.05) is 5.32 Å². The smallest absolute Gasteiger partial charge is 0.411 e. The minimum atomic E-state index is -0.382. The molecule has 2 aliphatic rings. The average Bonchev–Trinajstić information content (AvgIpc) is 2.73. The van der Waals surface area contributed by atoms with Crippen molar-refractivity contribution in [2.24, 2.45) is 22.7 Å². The number of allylic oxidation sites excluding steroid dienone is 4. The summed E-state index contributed by atoms with van der Waals surface area (Å²) >= 11 is 0. The first-order valence-corrected chi connectivity index (χ1v) is 13.0. The van der Waals surface area contributed by atoms with Gasteiger partial charge in [0.05, 0.1) is 0 Å². The molecule has 1 aromatic rings. The Labute approximate surface area is 202 Å². The summed E-state index contributed by atoms with van der Waals surface area (Å²) in [7, 11) is 0. The second-order valence-corrected chi connectivity index (χ2v) is 11.5. The van der Waals surface area contributed by atoms with Gasteiger partial charge in [0.25, 0.3) is 0 Å². The molecule has 1 aromatic carbocycles. The fourth-order valence-corrected chi connectivity index (χ4v) is 6.64. The molecule has 0 unspecified atom stereocenters. The van der Waals surface area contributed by atoms with E-state index in [0.717, 1.165) is 30.9 Å². The van der Waals surface area contributed by atoms with Gasteiger partial charge in [0.2, 0.25) is 0 Å². The minimum absolute atomic E-state index is 0.106. The molecule has 0 aromatic heterocycles. The molecule has 0 bridgehead atoms. The molecule has 1 amide bonds. The number of fused-ring (bicyclic) bond motifs is 1. The Morgan fingerprint density at radius 1 is 1.21 bits per heavy atom. The van der Waals surface area contributed by atoms with Gasteiger partial charge in [-0.05, 0) is 101 Å². The van der Waals surface area contributed by atoms with Crippen molar-refractivity contribution in [2.45, 2.75) is 99.0 Å². The molecule has 33 heavy (non-hydrogen) atoms. The van der Waals surface area contributed by atoms with Crippen LogP contribution in [0.15, 0.2) is 53.6 Å². The number of hydrogen-bond donors (Lipinski definition) is 1. The standard InChI is InChI=1S/C30H45NO2/c1-22(12-10-13-24(3)33-28(32)31-25-14-8-7-9-15-25)16-18-26-23(2)17-19-27-29(4,5)20-11-21-30(26,27)6/h7-9,12,14-15,17,24,26-27H,10-11,13,16,18-21H2,1-6H3,(H,31,32)/b22-12+/t24-,26-,27+,30+/m0/s1. The van der Waals surface area contributed by atoms with Gasteiger partial charge in [-0.15, -0.1) is 0 Å². The highest BCUT2D eigenvalue weighted by atomic mass is 16.6. The minimum Gasteiger partial charge on any atom is -0.446 e. The fourth-order valence-electron chi connectivity index (χ4n) is 6.64. The van der Waals surface area contributed by atoms with Gasteiger partial charge >= 0.3 is 6.09 Å². The molecule has 3 nitrogen and oxygen atoms in total. The lowest BCUT2D eigenvalue weighted by Gasteiger charge is -2.57. The third kappa shape index (κ3) is 6.52. The predicted molar refractivity (Wildman–Crippen MR) is 139 cm³/mol. The fraction of sp³-hybridized carbons (Fsp3) is 0.633. The Morgan fingerprint density at radius 2 is 1.94 bits per heavy atom. The number of amides is 1. The lowest BCUT2D eigenvalue weighted by molar-refractivity contribution is -0.0390. The first kappa shape index (κ1) is 25.6. The van der Waals surface area contributed by atoms with Crippen LogP contribution in [0.25, 0.3) is 0 Å². The maximum atomic E-state index is 12.1. The van der Waals surface area contributed by atoms with E-state index in [1.807, 2.05) is 37.3 Å². The van der Waals surface area contributed by atoms with E-state index < -0.39 is 0 Å². The van der Waals surface area contributed by atoms with Gasteiger partial charge in [-0.2, -0.15) is 0 Å². The van der Waals surface area contributed by atoms with E-state index in [2.05, 4.69) is 52.1 Å². The first-order chi connectivity index (χ1) is 15.6. The molecule has 182 valence electrons. The number of anilines is 1. The van der Waals surface area contributed by atoms with Crippen LogP contribution in [0, 0.1) is 22.7 Å². The summed E-state index contributed by atoms with van der Waals surface area (Å²) in [5, 5.41) is 2.78. The average molecular weight is 452 g/mol. The summed E-state index contributed by atoms with van der Waals surface area (Å²) in [6, 6.07) is 9.43. The van der Waals surface area contributed by atoms with Crippen LogP contribution in [0.2, 0.25) is 0 Å². The Balaban J connectivity index is 1.46. The van der Waals surface area contributed by atoms with Crippen LogP contribution in [-0.2, 0) is 4.74 Å². The second-order valence-electron chi connectivity index (χ2n) is 11.5. The zero-order valence-electron chi connectivity index (χ0n) is 21.7.